The molecular weight excluding hydrogens is 426 g/mol. The molecular formula is C20H15N3O5S2. The fourth-order valence-corrected chi connectivity index (χ4v) is 4.87. The predicted molar refractivity (Wildman–Crippen MR) is 113 cm³/mol. The van der Waals surface area contributed by atoms with Gasteiger partial charge in [-0.1, -0.05) is 18.2 Å². The summed E-state index contributed by atoms with van der Waals surface area (Å²) in [6.07, 6.45) is 0. The number of aromatic nitrogens is 1. The maximum Gasteiger partial charge on any atom is 0.296 e. The molecule has 0 saturated heterocycles. The molecule has 152 valence electrons. The van der Waals surface area contributed by atoms with Crippen LogP contribution < -0.4 is 4.90 Å². The van der Waals surface area contributed by atoms with Crippen LogP contribution in [0.15, 0.2) is 53.1 Å². The number of benzene rings is 1. The van der Waals surface area contributed by atoms with E-state index in [1.807, 2.05) is 6.92 Å². The van der Waals surface area contributed by atoms with Gasteiger partial charge in [-0.2, -0.15) is 0 Å². The molecule has 1 N–H and O–H groups in total. The first-order valence-corrected chi connectivity index (χ1v) is 10.5. The average Bonchev–Trinajstić information content (AvgIpc) is 3.42. The number of non-ortho nitro benzene ring substituents is 1. The molecule has 1 aliphatic rings. The third-order valence-electron chi connectivity index (χ3n) is 4.82. The van der Waals surface area contributed by atoms with Gasteiger partial charge in [-0.05, 0) is 30.9 Å². The Morgan fingerprint density at radius 2 is 2.03 bits per heavy atom. The van der Waals surface area contributed by atoms with Crippen LogP contribution in [0.2, 0.25) is 0 Å². The second kappa shape index (κ2) is 7.47. The number of thiazole rings is 1. The van der Waals surface area contributed by atoms with Gasteiger partial charge in [0.25, 0.3) is 11.6 Å². The highest BCUT2D eigenvalue weighted by molar-refractivity contribution is 7.16. The van der Waals surface area contributed by atoms with Gasteiger partial charge in [0.2, 0.25) is 5.78 Å². The standard InChI is InChI=1S/C20H15N3O5S2/c1-10-11(2)30-20(21-10)22-16(12-5-3-6-13(9-12)23(27)28)15(18(25)19(22)26)17(24)14-7-4-8-29-14/h3-9,16,25H,1-2H3. The van der Waals surface area contributed by atoms with E-state index in [4.69, 9.17) is 0 Å². The second-order valence-corrected chi connectivity index (χ2v) is 8.77. The first-order chi connectivity index (χ1) is 14.3. The zero-order valence-corrected chi connectivity index (χ0v) is 17.5. The maximum absolute atomic E-state index is 13.2. The molecule has 1 unspecified atom stereocenters. The third-order valence-corrected chi connectivity index (χ3v) is 6.76. The summed E-state index contributed by atoms with van der Waals surface area (Å²) in [4.78, 5) is 43.8. The number of thiophene rings is 1. The van der Waals surface area contributed by atoms with Gasteiger partial charge >= 0.3 is 0 Å². The zero-order chi connectivity index (χ0) is 21.6. The Morgan fingerprint density at radius 1 is 1.27 bits per heavy atom. The molecule has 2 aromatic heterocycles. The average molecular weight is 441 g/mol. The van der Waals surface area contributed by atoms with Crippen LogP contribution in [0, 0.1) is 24.0 Å². The highest BCUT2D eigenvalue weighted by Crippen LogP contribution is 2.44. The molecule has 0 spiro atoms. The van der Waals surface area contributed by atoms with Gasteiger partial charge in [-0.3, -0.25) is 24.6 Å². The van der Waals surface area contributed by atoms with Crippen molar-refractivity contribution in [3.8, 4) is 0 Å². The number of hydrogen-bond donors (Lipinski definition) is 1. The quantitative estimate of drug-likeness (QED) is 0.354. The van der Waals surface area contributed by atoms with E-state index in [9.17, 15) is 24.8 Å². The number of nitro benzene ring substituents is 1. The minimum atomic E-state index is -1.03. The number of anilines is 1. The van der Waals surface area contributed by atoms with Crippen molar-refractivity contribution in [2.75, 3.05) is 4.90 Å². The van der Waals surface area contributed by atoms with E-state index in [0.717, 1.165) is 10.6 Å². The van der Waals surface area contributed by atoms with Crippen LogP contribution in [0.5, 0.6) is 0 Å². The number of aryl methyl sites for hydroxylation is 2. The smallest absolute Gasteiger partial charge is 0.296 e. The molecule has 1 atom stereocenters. The van der Waals surface area contributed by atoms with Crippen molar-refractivity contribution in [2.24, 2.45) is 0 Å². The van der Waals surface area contributed by atoms with E-state index in [2.05, 4.69) is 4.98 Å². The van der Waals surface area contributed by atoms with Gasteiger partial charge in [0.15, 0.2) is 10.9 Å². The van der Waals surface area contributed by atoms with Crippen LogP contribution in [-0.2, 0) is 4.79 Å². The van der Waals surface area contributed by atoms with Crippen LogP contribution in [0.1, 0.15) is 31.8 Å². The van der Waals surface area contributed by atoms with E-state index >= 15 is 0 Å². The third kappa shape index (κ3) is 3.19. The van der Waals surface area contributed by atoms with E-state index in [1.165, 1.54) is 45.8 Å². The number of carbonyl (C=O) groups is 2. The van der Waals surface area contributed by atoms with Gasteiger partial charge in [-0.15, -0.1) is 22.7 Å². The molecule has 0 aliphatic carbocycles. The SMILES string of the molecule is Cc1nc(N2C(=O)C(O)=C(C(=O)c3cccs3)C2c2cccc([N+](=O)[O-])c2)sc1C. The monoisotopic (exact) mass is 441 g/mol. The lowest BCUT2D eigenvalue weighted by Gasteiger charge is -2.24. The van der Waals surface area contributed by atoms with Crippen molar-refractivity contribution in [2.45, 2.75) is 19.9 Å². The number of aliphatic hydroxyl groups is 1. The number of rotatable bonds is 5. The van der Waals surface area contributed by atoms with Crippen LogP contribution in [0.3, 0.4) is 0 Å². The number of ketones is 1. The summed E-state index contributed by atoms with van der Waals surface area (Å²) in [6, 6.07) is 7.97. The summed E-state index contributed by atoms with van der Waals surface area (Å²) in [7, 11) is 0. The Hall–Kier alpha value is -3.37. The molecule has 1 aliphatic heterocycles. The summed E-state index contributed by atoms with van der Waals surface area (Å²) in [5.74, 6) is -1.93. The van der Waals surface area contributed by atoms with Gasteiger partial charge in [0.05, 0.1) is 27.1 Å². The molecule has 3 heterocycles. The first kappa shape index (κ1) is 19.9. The number of amides is 1. The predicted octanol–water partition coefficient (Wildman–Crippen LogP) is 4.51. The molecule has 0 saturated carbocycles. The second-order valence-electron chi connectivity index (χ2n) is 6.64. The van der Waals surface area contributed by atoms with E-state index in [1.54, 1.807) is 30.5 Å². The molecule has 1 aromatic carbocycles. The van der Waals surface area contributed by atoms with Gasteiger partial charge in [-0.25, -0.2) is 4.98 Å². The Labute approximate surface area is 178 Å². The topological polar surface area (TPSA) is 114 Å². The lowest BCUT2D eigenvalue weighted by molar-refractivity contribution is -0.384. The van der Waals surface area contributed by atoms with Crippen molar-refractivity contribution in [1.82, 2.24) is 4.98 Å². The van der Waals surface area contributed by atoms with Crippen molar-refractivity contribution in [3.63, 3.8) is 0 Å². The van der Waals surface area contributed by atoms with Gasteiger partial charge in [0, 0.05) is 17.0 Å². The molecule has 0 radical (unpaired) electrons. The number of Topliss-reactive ketones (excluding diaryl/α,β-unsaturated/α-hetero) is 1. The van der Waals surface area contributed by atoms with Crippen LogP contribution in [0.4, 0.5) is 10.8 Å². The number of nitro groups is 1. The van der Waals surface area contributed by atoms with Gasteiger partial charge < -0.3 is 5.11 Å². The Kier molecular flexibility index (Phi) is 4.96. The van der Waals surface area contributed by atoms with Gasteiger partial charge in [0.1, 0.15) is 0 Å². The van der Waals surface area contributed by atoms with E-state index < -0.39 is 28.4 Å². The highest BCUT2D eigenvalue weighted by atomic mass is 32.1. The normalized spacial score (nSPS) is 16.4. The Bertz CT molecular complexity index is 1190. The Balaban J connectivity index is 1.91. The van der Waals surface area contributed by atoms with Crippen LogP contribution in [-0.4, -0.2) is 26.7 Å². The molecule has 8 nitrogen and oxygen atoms in total. The van der Waals surface area contributed by atoms with Crippen molar-refractivity contribution in [1.29, 1.82) is 0 Å². The molecule has 3 aromatic rings. The molecule has 30 heavy (non-hydrogen) atoms. The number of nitrogens with zero attached hydrogens (tertiary/aromatic N) is 3. The molecule has 0 fully saturated rings. The zero-order valence-electron chi connectivity index (χ0n) is 15.9. The van der Waals surface area contributed by atoms with Crippen molar-refractivity contribution in [3.05, 3.63) is 84.2 Å². The van der Waals surface area contributed by atoms with E-state index in [-0.39, 0.29) is 11.3 Å². The number of carbonyl (C=O) groups excluding carboxylic acids is 2. The molecule has 0 bridgehead atoms. The minimum absolute atomic E-state index is 0.117. The van der Waals surface area contributed by atoms with Crippen LogP contribution in [0.25, 0.3) is 0 Å². The summed E-state index contributed by atoms with van der Waals surface area (Å²) < 4.78 is 0. The maximum atomic E-state index is 13.2. The number of aliphatic hydroxyl groups excluding tert-OH is 1. The Morgan fingerprint density at radius 3 is 2.63 bits per heavy atom. The van der Waals surface area contributed by atoms with Crippen molar-refractivity contribution >= 4 is 45.2 Å². The summed E-state index contributed by atoms with van der Waals surface area (Å²) in [5.41, 5.74) is 0.763. The largest absolute Gasteiger partial charge is 0.503 e. The summed E-state index contributed by atoms with van der Waals surface area (Å²) in [5, 5.41) is 24.0. The van der Waals surface area contributed by atoms with Crippen molar-refractivity contribution < 1.29 is 19.6 Å². The summed E-state index contributed by atoms with van der Waals surface area (Å²) >= 11 is 2.44. The molecule has 1 amide bonds. The lowest BCUT2D eigenvalue weighted by Crippen LogP contribution is -2.31. The van der Waals surface area contributed by atoms with E-state index in [0.29, 0.717) is 15.6 Å². The minimum Gasteiger partial charge on any atom is -0.503 e. The number of hydrogen-bond acceptors (Lipinski definition) is 8. The highest BCUT2D eigenvalue weighted by Gasteiger charge is 2.46. The molecule has 4 rings (SSSR count). The lowest BCUT2D eigenvalue weighted by atomic mass is 9.95. The fourth-order valence-electron chi connectivity index (χ4n) is 3.26. The fraction of sp³-hybridized carbons (Fsp3) is 0.150. The van der Waals surface area contributed by atoms with Crippen LogP contribution >= 0.6 is 22.7 Å². The summed E-state index contributed by atoms with van der Waals surface area (Å²) in [6.45, 7) is 3.65. The first-order valence-electron chi connectivity index (χ1n) is 8.83. The molecule has 10 heteroatoms.